The molecule has 0 unspecified atom stereocenters. The summed E-state index contributed by atoms with van der Waals surface area (Å²) in [5, 5.41) is 4.45. The standard InChI is InChI=1S/C19H28N2O/c1-21(2)14-9-15-22-20-19-13-8-4-7-12-18(19)16-17-10-5-3-6-11-17/h3,5-6,10-11,16H,4,7-9,12-15H2,1-2H3. The molecular weight excluding hydrogens is 272 g/mol. The average Bonchev–Trinajstić information content (AvgIpc) is 2.73. The topological polar surface area (TPSA) is 24.8 Å². The smallest absolute Gasteiger partial charge is 0.118 e. The van der Waals surface area contributed by atoms with Crippen molar-refractivity contribution >= 4 is 11.8 Å². The maximum atomic E-state index is 5.57. The lowest BCUT2D eigenvalue weighted by atomic mass is 10.0. The van der Waals surface area contributed by atoms with Gasteiger partial charge in [-0.15, -0.1) is 0 Å². The molecule has 1 aromatic rings. The van der Waals surface area contributed by atoms with Gasteiger partial charge in [-0.3, -0.25) is 0 Å². The van der Waals surface area contributed by atoms with Gasteiger partial charge in [-0.1, -0.05) is 41.9 Å². The summed E-state index contributed by atoms with van der Waals surface area (Å²) < 4.78 is 0. The molecule has 0 spiro atoms. The van der Waals surface area contributed by atoms with Gasteiger partial charge in [0.2, 0.25) is 0 Å². The molecule has 0 aliphatic heterocycles. The third-order valence-corrected chi connectivity index (χ3v) is 3.89. The molecule has 1 saturated carbocycles. The molecule has 1 aromatic carbocycles. The fourth-order valence-corrected chi connectivity index (χ4v) is 2.67. The van der Waals surface area contributed by atoms with Crippen LogP contribution in [0.4, 0.5) is 0 Å². The molecule has 1 aliphatic carbocycles. The Kier molecular flexibility index (Phi) is 7.17. The summed E-state index contributed by atoms with van der Waals surface area (Å²) in [6.45, 7) is 1.73. The van der Waals surface area contributed by atoms with Crippen LogP contribution in [-0.2, 0) is 4.84 Å². The Morgan fingerprint density at radius 3 is 2.64 bits per heavy atom. The van der Waals surface area contributed by atoms with Crippen LogP contribution in [0.2, 0.25) is 0 Å². The fraction of sp³-hybridized carbons (Fsp3) is 0.526. The van der Waals surface area contributed by atoms with Gasteiger partial charge in [-0.05, 0) is 63.4 Å². The number of rotatable bonds is 6. The zero-order chi connectivity index (χ0) is 15.6. The maximum Gasteiger partial charge on any atom is 0.118 e. The van der Waals surface area contributed by atoms with Gasteiger partial charge in [0.25, 0.3) is 0 Å². The Labute approximate surface area is 134 Å². The van der Waals surface area contributed by atoms with Crippen LogP contribution in [-0.4, -0.2) is 37.9 Å². The largest absolute Gasteiger partial charge is 0.396 e. The molecule has 0 heterocycles. The zero-order valence-corrected chi connectivity index (χ0v) is 13.9. The van der Waals surface area contributed by atoms with Crippen molar-refractivity contribution in [2.75, 3.05) is 27.2 Å². The Bertz CT molecular complexity index is 491. The molecule has 0 N–H and O–H groups in total. The zero-order valence-electron chi connectivity index (χ0n) is 13.9. The number of hydrogen-bond acceptors (Lipinski definition) is 3. The molecule has 0 atom stereocenters. The highest BCUT2D eigenvalue weighted by atomic mass is 16.6. The van der Waals surface area contributed by atoms with Gasteiger partial charge in [0.05, 0.1) is 5.71 Å². The molecule has 0 radical (unpaired) electrons. The van der Waals surface area contributed by atoms with E-state index in [1.54, 1.807) is 0 Å². The number of oxime groups is 1. The molecule has 0 saturated heterocycles. The SMILES string of the molecule is CN(C)CCCON=C1CCCCCC1=Cc1ccccc1. The molecular formula is C19H28N2O. The summed E-state index contributed by atoms with van der Waals surface area (Å²) in [6.07, 6.45) is 9.17. The number of allylic oxidation sites excluding steroid dienone is 1. The molecule has 0 bridgehead atoms. The predicted octanol–water partition coefficient (Wildman–Crippen LogP) is 4.36. The van der Waals surface area contributed by atoms with E-state index in [0.717, 1.165) is 31.5 Å². The van der Waals surface area contributed by atoms with Crippen LogP contribution >= 0.6 is 0 Å². The Morgan fingerprint density at radius 1 is 1.09 bits per heavy atom. The van der Waals surface area contributed by atoms with Crippen molar-refractivity contribution < 1.29 is 4.84 Å². The van der Waals surface area contributed by atoms with E-state index >= 15 is 0 Å². The van der Waals surface area contributed by atoms with E-state index < -0.39 is 0 Å². The van der Waals surface area contributed by atoms with Gasteiger partial charge in [0.1, 0.15) is 6.61 Å². The minimum Gasteiger partial charge on any atom is -0.396 e. The van der Waals surface area contributed by atoms with Gasteiger partial charge in [-0.25, -0.2) is 0 Å². The molecule has 3 nitrogen and oxygen atoms in total. The lowest BCUT2D eigenvalue weighted by Crippen LogP contribution is -2.14. The summed E-state index contributed by atoms with van der Waals surface area (Å²) in [5.41, 5.74) is 3.74. The summed E-state index contributed by atoms with van der Waals surface area (Å²) in [4.78, 5) is 7.74. The molecule has 3 heteroatoms. The Balaban J connectivity index is 1.99. The third-order valence-electron chi connectivity index (χ3n) is 3.89. The van der Waals surface area contributed by atoms with Crippen molar-refractivity contribution in [2.45, 2.75) is 38.5 Å². The first kappa shape index (κ1) is 16.8. The van der Waals surface area contributed by atoms with E-state index in [2.05, 4.69) is 60.6 Å². The second-order valence-corrected chi connectivity index (χ2v) is 6.17. The van der Waals surface area contributed by atoms with Crippen LogP contribution in [0, 0.1) is 0 Å². The van der Waals surface area contributed by atoms with Crippen LogP contribution in [0.5, 0.6) is 0 Å². The molecule has 2 rings (SSSR count). The quantitative estimate of drug-likeness (QED) is 0.443. The molecule has 1 aliphatic rings. The van der Waals surface area contributed by atoms with Crippen LogP contribution in [0.15, 0.2) is 41.1 Å². The second-order valence-electron chi connectivity index (χ2n) is 6.17. The summed E-state index contributed by atoms with van der Waals surface area (Å²) in [6, 6.07) is 10.5. The van der Waals surface area contributed by atoms with Crippen LogP contribution in [0.1, 0.15) is 44.1 Å². The van der Waals surface area contributed by atoms with Crippen molar-refractivity contribution in [2.24, 2.45) is 5.16 Å². The lowest BCUT2D eigenvalue weighted by molar-refractivity contribution is 0.134. The molecule has 22 heavy (non-hydrogen) atoms. The highest BCUT2D eigenvalue weighted by Crippen LogP contribution is 2.23. The highest BCUT2D eigenvalue weighted by Gasteiger charge is 2.12. The molecule has 1 fully saturated rings. The van der Waals surface area contributed by atoms with E-state index in [1.807, 2.05) is 0 Å². The summed E-state index contributed by atoms with van der Waals surface area (Å²) in [5.74, 6) is 0. The first-order valence-electron chi connectivity index (χ1n) is 8.35. The van der Waals surface area contributed by atoms with Gasteiger partial charge in [-0.2, -0.15) is 0 Å². The van der Waals surface area contributed by atoms with Crippen molar-refractivity contribution in [3.05, 3.63) is 41.5 Å². The third kappa shape index (κ3) is 6.02. The maximum absolute atomic E-state index is 5.57. The monoisotopic (exact) mass is 300 g/mol. The normalized spacial score (nSPS) is 19.6. The molecule has 120 valence electrons. The highest BCUT2D eigenvalue weighted by molar-refractivity contribution is 6.03. The van der Waals surface area contributed by atoms with Crippen molar-refractivity contribution in [1.82, 2.24) is 4.90 Å². The minimum absolute atomic E-state index is 0.695. The Morgan fingerprint density at radius 2 is 1.86 bits per heavy atom. The average molecular weight is 300 g/mol. The van der Waals surface area contributed by atoms with E-state index in [-0.39, 0.29) is 0 Å². The number of hydrogen-bond donors (Lipinski definition) is 0. The van der Waals surface area contributed by atoms with Crippen LogP contribution < -0.4 is 0 Å². The van der Waals surface area contributed by atoms with Crippen molar-refractivity contribution in [3.63, 3.8) is 0 Å². The molecule has 0 aromatic heterocycles. The number of nitrogens with zero attached hydrogens (tertiary/aromatic N) is 2. The van der Waals surface area contributed by atoms with Gasteiger partial charge >= 0.3 is 0 Å². The first-order chi connectivity index (χ1) is 10.8. The second kappa shape index (κ2) is 9.42. The molecule has 0 amide bonds. The van der Waals surface area contributed by atoms with E-state index in [0.29, 0.717) is 6.61 Å². The van der Waals surface area contributed by atoms with Gasteiger partial charge in [0.15, 0.2) is 0 Å². The van der Waals surface area contributed by atoms with Gasteiger partial charge < -0.3 is 9.74 Å². The first-order valence-corrected chi connectivity index (χ1v) is 8.35. The van der Waals surface area contributed by atoms with Crippen LogP contribution in [0.3, 0.4) is 0 Å². The van der Waals surface area contributed by atoms with E-state index in [4.69, 9.17) is 4.84 Å². The predicted molar refractivity (Wildman–Crippen MR) is 94.1 cm³/mol. The summed E-state index contributed by atoms with van der Waals surface area (Å²) in [7, 11) is 4.16. The van der Waals surface area contributed by atoms with Gasteiger partial charge in [0, 0.05) is 6.54 Å². The van der Waals surface area contributed by atoms with Crippen LogP contribution in [0.25, 0.3) is 6.08 Å². The Hall–Kier alpha value is -1.61. The van der Waals surface area contributed by atoms with E-state index in [1.165, 1.54) is 30.4 Å². The number of benzene rings is 1. The van der Waals surface area contributed by atoms with Crippen molar-refractivity contribution in [3.8, 4) is 0 Å². The minimum atomic E-state index is 0.695. The lowest BCUT2D eigenvalue weighted by Gasteiger charge is -2.10. The van der Waals surface area contributed by atoms with E-state index in [9.17, 15) is 0 Å². The summed E-state index contributed by atoms with van der Waals surface area (Å²) >= 11 is 0. The van der Waals surface area contributed by atoms with Crippen molar-refractivity contribution in [1.29, 1.82) is 0 Å². The fourth-order valence-electron chi connectivity index (χ4n) is 2.67.